The number of benzene rings is 1. The number of aromatic nitrogens is 3. The summed E-state index contributed by atoms with van der Waals surface area (Å²) in [4.78, 5) is 23.1. The van der Waals surface area contributed by atoms with Crippen LogP contribution < -0.4 is 10.9 Å². The molecular formula is C28H33FN4O. The monoisotopic (exact) mass is 460 g/mol. The highest BCUT2D eigenvalue weighted by atomic mass is 19.1. The van der Waals surface area contributed by atoms with Gasteiger partial charge in [0.1, 0.15) is 11.3 Å². The lowest BCUT2D eigenvalue weighted by Gasteiger charge is -2.23. The minimum atomic E-state index is -0.278. The van der Waals surface area contributed by atoms with Gasteiger partial charge in [0, 0.05) is 18.7 Å². The second-order valence-electron chi connectivity index (χ2n) is 9.71. The van der Waals surface area contributed by atoms with Crippen LogP contribution in [0.2, 0.25) is 0 Å². The van der Waals surface area contributed by atoms with Crippen LogP contribution in [0.25, 0.3) is 22.4 Å². The van der Waals surface area contributed by atoms with Crippen molar-refractivity contribution in [1.82, 2.24) is 14.5 Å². The summed E-state index contributed by atoms with van der Waals surface area (Å²) in [7, 11) is 0. The first-order valence-corrected chi connectivity index (χ1v) is 12.8. The van der Waals surface area contributed by atoms with E-state index in [-0.39, 0.29) is 11.4 Å². The fourth-order valence-electron chi connectivity index (χ4n) is 5.29. The van der Waals surface area contributed by atoms with Crippen LogP contribution in [0, 0.1) is 11.7 Å². The van der Waals surface area contributed by atoms with Crippen molar-refractivity contribution >= 4 is 17.0 Å². The SMILES string of the molecule is O=c1c(NCCC2=CCCCC2)nc2ccc(-c3ccc(F)cc3)nc2n1CC1CCCCC1. The van der Waals surface area contributed by atoms with Gasteiger partial charge in [-0.05, 0) is 87.3 Å². The second-order valence-corrected chi connectivity index (χ2v) is 9.71. The number of pyridine rings is 1. The van der Waals surface area contributed by atoms with Crippen molar-refractivity contribution in [2.75, 3.05) is 11.9 Å². The Labute approximate surface area is 200 Å². The van der Waals surface area contributed by atoms with Gasteiger partial charge in [-0.25, -0.2) is 14.4 Å². The summed E-state index contributed by atoms with van der Waals surface area (Å²) in [5, 5.41) is 3.33. The van der Waals surface area contributed by atoms with E-state index in [9.17, 15) is 9.18 Å². The van der Waals surface area contributed by atoms with Gasteiger partial charge in [0.15, 0.2) is 11.5 Å². The summed E-state index contributed by atoms with van der Waals surface area (Å²) < 4.78 is 15.2. The molecule has 1 saturated carbocycles. The van der Waals surface area contributed by atoms with E-state index >= 15 is 0 Å². The maximum absolute atomic E-state index is 13.6. The Kier molecular flexibility index (Phi) is 7.02. The van der Waals surface area contributed by atoms with E-state index in [1.54, 1.807) is 12.1 Å². The third-order valence-electron chi connectivity index (χ3n) is 7.22. The summed E-state index contributed by atoms with van der Waals surface area (Å²) in [5.74, 6) is 0.616. The first kappa shape index (κ1) is 22.8. The van der Waals surface area contributed by atoms with Crippen LogP contribution in [0.15, 0.2) is 52.8 Å². The molecule has 0 atom stereocenters. The zero-order chi connectivity index (χ0) is 23.3. The normalized spacial score (nSPS) is 17.0. The molecule has 0 radical (unpaired) electrons. The van der Waals surface area contributed by atoms with Crippen molar-refractivity contribution in [3.63, 3.8) is 0 Å². The largest absolute Gasteiger partial charge is 0.365 e. The maximum Gasteiger partial charge on any atom is 0.294 e. The van der Waals surface area contributed by atoms with Crippen molar-refractivity contribution in [3.05, 3.63) is 64.2 Å². The van der Waals surface area contributed by atoms with Crippen LogP contribution in [0.5, 0.6) is 0 Å². The quantitative estimate of drug-likeness (QED) is 0.410. The fourth-order valence-corrected chi connectivity index (χ4v) is 5.29. The van der Waals surface area contributed by atoms with E-state index < -0.39 is 0 Å². The van der Waals surface area contributed by atoms with Crippen LogP contribution in [-0.2, 0) is 6.54 Å². The standard InChI is InChI=1S/C28H33FN4O/c29-23-13-11-22(12-14-23)24-15-16-25-27(32-24)33(19-21-9-5-2-6-10-21)28(34)26(31-25)30-18-17-20-7-3-1-4-8-20/h7,11-16,21H,1-6,8-10,17-19H2,(H,30,31). The van der Waals surface area contributed by atoms with E-state index in [0.29, 0.717) is 36.0 Å². The van der Waals surface area contributed by atoms with Crippen LogP contribution >= 0.6 is 0 Å². The van der Waals surface area contributed by atoms with Crippen LogP contribution in [0.4, 0.5) is 10.2 Å². The van der Waals surface area contributed by atoms with E-state index in [1.807, 2.05) is 16.7 Å². The number of allylic oxidation sites excluding steroid dienone is 1. The van der Waals surface area contributed by atoms with E-state index in [0.717, 1.165) is 36.9 Å². The summed E-state index contributed by atoms with van der Waals surface area (Å²) in [6.45, 7) is 1.38. The lowest BCUT2D eigenvalue weighted by molar-refractivity contribution is 0.319. The minimum Gasteiger partial charge on any atom is -0.365 e. The first-order valence-electron chi connectivity index (χ1n) is 12.8. The summed E-state index contributed by atoms with van der Waals surface area (Å²) in [5.41, 5.74) is 4.24. The van der Waals surface area contributed by atoms with Gasteiger partial charge in [-0.1, -0.05) is 30.9 Å². The molecule has 0 saturated heterocycles. The lowest BCUT2D eigenvalue weighted by atomic mass is 9.89. The Hall–Kier alpha value is -3.02. The molecule has 2 aliphatic carbocycles. The molecule has 1 aromatic carbocycles. The smallest absolute Gasteiger partial charge is 0.294 e. The summed E-state index contributed by atoms with van der Waals surface area (Å²) >= 11 is 0. The summed E-state index contributed by atoms with van der Waals surface area (Å²) in [6, 6.07) is 10.1. The first-order chi connectivity index (χ1) is 16.7. The zero-order valence-electron chi connectivity index (χ0n) is 19.7. The van der Waals surface area contributed by atoms with E-state index in [2.05, 4.69) is 16.4 Å². The highest BCUT2D eigenvalue weighted by molar-refractivity contribution is 5.76. The van der Waals surface area contributed by atoms with Crippen LogP contribution in [0.3, 0.4) is 0 Å². The van der Waals surface area contributed by atoms with Gasteiger partial charge in [-0.15, -0.1) is 0 Å². The summed E-state index contributed by atoms with van der Waals surface area (Å²) in [6.07, 6.45) is 14.2. The molecule has 1 fully saturated rings. The minimum absolute atomic E-state index is 0.0977. The van der Waals surface area contributed by atoms with Gasteiger partial charge >= 0.3 is 0 Å². The fraction of sp³-hybridized carbons (Fsp3) is 0.464. The van der Waals surface area contributed by atoms with Crippen molar-refractivity contribution < 1.29 is 4.39 Å². The zero-order valence-corrected chi connectivity index (χ0v) is 19.7. The van der Waals surface area contributed by atoms with Gasteiger partial charge in [-0.3, -0.25) is 9.36 Å². The number of halogens is 1. The van der Waals surface area contributed by atoms with E-state index in [4.69, 9.17) is 4.98 Å². The third-order valence-corrected chi connectivity index (χ3v) is 7.22. The van der Waals surface area contributed by atoms with Crippen molar-refractivity contribution in [1.29, 1.82) is 0 Å². The number of hydrogen-bond donors (Lipinski definition) is 1. The van der Waals surface area contributed by atoms with E-state index in [1.165, 1.54) is 56.2 Å². The molecule has 0 amide bonds. The number of nitrogens with one attached hydrogen (secondary N) is 1. The molecule has 2 aromatic heterocycles. The number of rotatable bonds is 7. The van der Waals surface area contributed by atoms with Crippen LogP contribution in [0.1, 0.15) is 64.2 Å². The number of hydrogen-bond acceptors (Lipinski definition) is 4. The molecule has 0 unspecified atom stereocenters. The molecule has 34 heavy (non-hydrogen) atoms. The van der Waals surface area contributed by atoms with Crippen LogP contribution in [-0.4, -0.2) is 21.1 Å². The van der Waals surface area contributed by atoms with Crippen molar-refractivity contribution in [2.24, 2.45) is 5.92 Å². The topological polar surface area (TPSA) is 59.8 Å². The Bertz CT molecular complexity index is 1230. The van der Waals surface area contributed by atoms with Gasteiger partial charge < -0.3 is 5.32 Å². The number of fused-ring (bicyclic) bond motifs is 1. The molecule has 2 heterocycles. The number of anilines is 1. The van der Waals surface area contributed by atoms with Gasteiger partial charge in [0.05, 0.1) is 5.69 Å². The molecule has 6 heteroatoms. The average Bonchev–Trinajstić information content (AvgIpc) is 2.88. The molecule has 0 bridgehead atoms. The molecule has 1 N–H and O–H groups in total. The predicted molar refractivity (Wildman–Crippen MR) is 135 cm³/mol. The Morgan fingerprint density at radius 3 is 2.56 bits per heavy atom. The lowest BCUT2D eigenvalue weighted by Crippen LogP contribution is -2.29. The molecular weight excluding hydrogens is 427 g/mol. The third kappa shape index (κ3) is 5.21. The van der Waals surface area contributed by atoms with Crippen molar-refractivity contribution in [3.8, 4) is 11.3 Å². The second kappa shape index (κ2) is 10.5. The van der Waals surface area contributed by atoms with Gasteiger partial charge in [-0.2, -0.15) is 0 Å². The highest BCUT2D eigenvalue weighted by Crippen LogP contribution is 2.27. The molecule has 2 aliphatic rings. The number of nitrogens with zero attached hydrogens (tertiary/aromatic N) is 3. The maximum atomic E-state index is 13.6. The Morgan fingerprint density at radius 2 is 1.79 bits per heavy atom. The molecule has 0 aliphatic heterocycles. The van der Waals surface area contributed by atoms with Gasteiger partial charge in [0.2, 0.25) is 0 Å². The molecule has 178 valence electrons. The predicted octanol–water partition coefficient (Wildman–Crippen LogP) is 6.48. The average molecular weight is 461 g/mol. The molecule has 5 nitrogen and oxygen atoms in total. The molecule has 0 spiro atoms. The van der Waals surface area contributed by atoms with Gasteiger partial charge in [0.25, 0.3) is 5.56 Å². The van der Waals surface area contributed by atoms with Crippen molar-refractivity contribution in [2.45, 2.75) is 70.8 Å². The Balaban J connectivity index is 1.48. The molecule has 5 rings (SSSR count). The Morgan fingerprint density at radius 1 is 0.971 bits per heavy atom. The molecule has 3 aromatic rings. The highest BCUT2D eigenvalue weighted by Gasteiger charge is 2.19.